The average molecular weight is 256 g/mol. The summed E-state index contributed by atoms with van der Waals surface area (Å²) in [5.74, 6) is 0.683. The lowest BCUT2D eigenvalue weighted by molar-refractivity contribution is 0.817. The fourth-order valence-electron chi connectivity index (χ4n) is 1.72. The van der Waals surface area contributed by atoms with Gasteiger partial charge in [0.25, 0.3) is 0 Å². The van der Waals surface area contributed by atoms with Crippen molar-refractivity contribution in [2.45, 2.75) is 6.54 Å². The quantitative estimate of drug-likeness (QED) is 0.781. The third kappa shape index (κ3) is 3.41. The number of rotatable bonds is 5. The molecule has 0 atom stereocenters. The molecule has 6 heteroatoms. The van der Waals surface area contributed by atoms with Crippen LogP contribution in [0.25, 0.3) is 0 Å². The predicted molar refractivity (Wildman–Crippen MR) is 76.3 cm³/mol. The maximum Gasteiger partial charge on any atom is 0.232 e. The minimum absolute atomic E-state index is 0.115. The van der Waals surface area contributed by atoms with Gasteiger partial charge in [-0.1, -0.05) is 36.4 Å². The van der Waals surface area contributed by atoms with E-state index in [-0.39, 0.29) is 11.9 Å². The second kappa shape index (κ2) is 5.81. The van der Waals surface area contributed by atoms with Gasteiger partial charge >= 0.3 is 0 Å². The standard InChI is InChI=1S/C13H16N6/c1-2-8-19(9-10-6-4-3-5-7-10)13-17-11(14)16-12(15)18-13/h2-7H,1,8-9H2,(H4,14,15,16,17,18). The third-order valence-corrected chi connectivity index (χ3v) is 2.51. The first-order chi connectivity index (χ1) is 9.19. The van der Waals surface area contributed by atoms with Crippen LogP contribution in [-0.4, -0.2) is 21.5 Å². The highest BCUT2D eigenvalue weighted by Crippen LogP contribution is 2.14. The van der Waals surface area contributed by atoms with Crippen molar-refractivity contribution < 1.29 is 0 Å². The molecule has 0 saturated heterocycles. The number of nitrogens with zero attached hydrogens (tertiary/aromatic N) is 4. The molecule has 0 unspecified atom stereocenters. The van der Waals surface area contributed by atoms with Crippen LogP contribution in [0.2, 0.25) is 0 Å². The highest BCUT2D eigenvalue weighted by atomic mass is 15.3. The van der Waals surface area contributed by atoms with Crippen molar-refractivity contribution in [3.63, 3.8) is 0 Å². The molecule has 0 saturated carbocycles. The number of anilines is 3. The monoisotopic (exact) mass is 256 g/mol. The molecule has 0 fully saturated rings. The van der Waals surface area contributed by atoms with Crippen LogP contribution in [0.1, 0.15) is 5.56 Å². The van der Waals surface area contributed by atoms with E-state index >= 15 is 0 Å². The lowest BCUT2D eigenvalue weighted by Crippen LogP contribution is -2.25. The smallest absolute Gasteiger partial charge is 0.232 e. The van der Waals surface area contributed by atoms with Crippen molar-refractivity contribution in [3.05, 3.63) is 48.6 Å². The Morgan fingerprint density at radius 2 is 1.68 bits per heavy atom. The van der Waals surface area contributed by atoms with Crippen LogP contribution >= 0.6 is 0 Å². The Balaban J connectivity index is 2.26. The van der Waals surface area contributed by atoms with Gasteiger partial charge in [0.1, 0.15) is 0 Å². The maximum absolute atomic E-state index is 5.59. The second-order valence-electron chi connectivity index (χ2n) is 4.01. The number of aromatic nitrogens is 3. The molecule has 2 aromatic rings. The zero-order valence-electron chi connectivity index (χ0n) is 10.5. The zero-order valence-corrected chi connectivity index (χ0v) is 10.5. The number of benzene rings is 1. The Bertz CT molecular complexity index is 534. The van der Waals surface area contributed by atoms with Crippen LogP contribution in [0.15, 0.2) is 43.0 Å². The van der Waals surface area contributed by atoms with Gasteiger partial charge in [0, 0.05) is 13.1 Å². The molecule has 1 aromatic carbocycles. The first-order valence-corrected chi connectivity index (χ1v) is 5.86. The van der Waals surface area contributed by atoms with Crippen molar-refractivity contribution >= 4 is 17.8 Å². The average Bonchev–Trinajstić information content (AvgIpc) is 2.38. The van der Waals surface area contributed by atoms with Crippen LogP contribution < -0.4 is 16.4 Å². The Kier molecular flexibility index (Phi) is 3.92. The summed E-state index contributed by atoms with van der Waals surface area (Å²) in [5, 5.41) is 0. The van der Waals surface area contributed by atoms with Crippen LogP contribution in [-0.2, 0) is 6.54 Å². The van der Waals surface area contributed by atoms with E-state index in [1.54, 1.807) is 6.08 Å². The number of nitrogen functional groups attached to an aromatic ring is 2. The van der Waals surface area contributed by atoms with E-state index in [0.717, 1.165) is 5.56 Å². The summed E-state index contributed by atoms with van der Waals surface area (Å²) >= 11 is 0. The van der Waals surface area contributed by atoms with Gasteiger partial charge in [0.05, 0.1) is 0 Å². The Hall–Kier alpha value is -2.63. The van der Waals surface area contributed by atoms with Gasteiger partial charge in [-0.25, -0.2) is 0 Å². The van der Waals surface area contributed by atoms with Crippen molar-refractivity contribution in [2.24, 2.45) is 0 Å². The summed E-state index contributed by atoms with van der Waals surface area (Å²) < 4.78 is 0. The first-order valence-electron chi connectivity index (χ1n) is 5.86. The van der Waals surface area contributed by atoms with Gasteiger partial charge < -0.3 is 16.4 Å². The highest BCUT2D eigenvalue weighted by Gasteiger charge is 2.11. The number of hydrogen-bond donors (Lipinski definition) is 2. The van der Waals surface area contributed by atoms with E-state index in [1.165, 1.54) is 0 Å². The summed E-state index contributed by atoms with van der Waals surface area (Å²) in [4.78, 5) is 13.9. The maximum atomic E-state index is 5.59. The predicted octanol–water partition coefficient (Wildman–Crippen LogP) is 1.23. The molecule has 0 aliphatic carbocycles. The molecule has 2 rings (SSSR count). The fourth-order valence-corrected chi connectivity index (χ4v) is 1.72. The van der Waals surface area contributed by atoms with Crippen LogP contribution in [0, 0.1) is 0 Å². The molecule has 0 radical (unpaired) electrons. The van der Waals surface area contributed by atoms with E-state index in [1.807, 2.05) is 35.2 Å². The van der Waals surface area contributed by atoms with Crippen LogP contribution in [0.4, 0.5) is 17.8 Å². The van der Waals surface area contributed by atoms with Gasteiger partial charge in [0.2, 0.25) is 17.8 Å². The topological polar surface area (TPSA) is 94.0 Å². The van der Waals surface area contributed by atoms with Crippen molar-refractivity contribution in [1.82, 2.24) is 15.0 Å². The van der Waals surface area contributed by atoms with E-state index in [2.05, 4.69) is 21.5 Å². The van der Waals surface area contributed by atoms with Gasteiger partial charge in [-0.05, 0) is 5.56 Å². The summed E-state index contributed by atoms with van der Waals surface area (Å²) in [7, 11) is 0. The molecule has 4 N–H and O–H groups in total. The van der Waals surface area contributed by atoms with E-state index in [0.29, 0.717) is 19.0 Å². The molecule has 98 valence electrons. The van der Waals surface area contributed by atoms with E-state index in [4.69, 9.17) is 11.5 Å². The Labute approximate surface area is 111 Å². The van der Waals surface area contributed by atoms with E-state index in [9.17, 15) is 0 Å². The SMILES string of the molecule is C=CCN(Cc1ccccc1)c1nc(N)nc(N)n1. The summed E-state index contributed by atoms with van der Waals surface area (Å²) in [5.41, 5.74) is 12.3. The molecular weight excluding hydrogens is 240 g/mol. The lowest BCUT2D eigenvalue weighted by atomic mass is 10.2. The number of hydrogen-bond acceptors (Lipinski definition) is 6. The van der Waals surface area contributed by atoms with Crippen LogP contribution in [0.5, 0.6) is 0 Å². The van der Waals surface area contributed by atoms with Gasteiger partial charge in [-0.15, -0.1) is 6.58 Å². The largest absolute Gasteiger partial charge is 0.368 e. The molecule has 1 heterocycles. The molecule has 0 amide bonds. The molecule has 0 aliphatic heterocycles. The summed E-state index contributed by atoms with van der Waals surface area (Å²) in [6, 6.07) is 10.0. The van der Waals surface area contributed by atoms with Crippen molar-refractivity contribution in [3.8, 4) is 0 Å². The van der Waals surface area contributed by atoms with Crippen molar-refractivity contribution in [2.75, 3.05) is 22.9 Å². The summed E-state index contributed by atoms with van der Waals surface area (Å²) in [6.45, 7) is 4.98. The molecule has 0 aliphatic rings. The lowest BCUT2D eigenvalue weighted by Gasteiger charge is -2.21. The molecule has 1 aromatic heterocycles. The molecule has 6 nitrogen and oxygen atoms in total. The minimum atomic E-state index is 0.115. The molecule has 0 bridgehead atoms. The van der Waals surface area contributed by atoms with Crippen molar-refractivity contribution in [1.29, 1.82) is 0 Å². The minimum Gasteiger partial charge on any atom is -0.368 e. The van der Waals surface area contributed by atoms with Gasteiger partial charge in [0.15, 0.2) is 0 Å². The zero-order chi connectivity index (χ0) is 13.7. The van der Waals surface area contributed by atoms with Gasteiger partial charge in [-0.2, -0.15) is 15.0 Å². The van der Waals surface area contributed by atoms with E-state index < -0.39 is 0 Å². The number of nitrogens with two attached hydrogens (primary N) is 2. The molecule has 19 heavy (non-hydrogen) atoms. The normalized spacial score (nSPS) is 10.1. The molecular formula is C13H16N6. The Morgan fingerprint density at radius 1 is 1.05 bits per heavy atom. The van der Waals surface area contributed by atoms with Gasteiger partial charge in [-0.3, -0.25) is 0 Å². The Morgan fingerprint density at radius 3 is 2.26 bits per heavy atom. The highest BCUT2D eigenvalue weighted by molar-refractivity contribution is 5.41. The third-order valence-electron chi connectivity index (χ3n) is 2.51. The molecule has 0 spiro atoms. The fraction of sp³-hybridized carbons (Fsp3) is 0.154. The van der Waals surface area contributed by atoms with Crippen LogP contribution in [0.3, 0.4) is 0 Å². The second-order valence-corrected chi connectivity index (χ2v) is 4.01. The first kappa shape index (κ1) is 12.8. The summed E-state index contributed by atoms with van der Waals surface area (Å²) in [6.07, 6.45) is 1.78.